The highest BCUT2D eigenvalue weighted by Crippen LogP contribution is 2.22. The molecule has 0 radical (unpaired) electrons. The van der Waals surface area contributed by atoms with Gasteiger partial charge < -0.3 is 5.32 Å². The molecule has 0 aliphatic heterocycles. The van der Waals surface area contributed by atoms with Crippen molar-refractivity contribution < 1.29 is 0 Å². The molecule has 1 aromatic heterocycles. The lowest BCUT2D eigenvalue weighted by Crippen LogP contribution is -2.22. The molecule has 0 spiro atoms. The Morgan fingerprint density at radius 1 is 1.17 bits per heavy atom. The molecule has 4 heteroatoms. The molecule has 2 N–H and O–H groups in total. The second kappa shape index (κ2) is 5.78. The third-order valence-corrected chi connectivity index (χ3v) is 3.07. The molecular formula is C14H20N4. The van der Waals surface area contributed by atoms with Crippen LogP contribution >= 0.6 is 0 Å². The van der Waals surface area contributed by atoms with Crippen LogP contribution in [0.15, 0.2) is 30.5 Å². The summed E-state index contributed by atoms with van der Waals surface area (Å²) >= 11 is 0. The SMILES string of the molecule is CCNC(c1ccc(C(C)C)cc1)c1cn[nH]n1. The van der Waals surface area contributed by atoms with Gasteiger partial charge in [-0.15, -0.1) is 0 Å². The van der Waals surface area contributed by atoms with Gasteiger partial charge >= 0.3 is 0 Å². The van der Waals surface area contributed by atoms with Gasteiger partial charge in [0.2, 0.25) is 0 Å². The van der Waals surface area contributed by atoms with Crippen molar-refractivity contribution >= 4 is 0 Å². The van der Waals surface area contributed by atoms with Gasteiger partial charge in [-0.05, 0) is 23.6 Å². The fraction of sp³-hybridized carbons (Fsp3) is 0.429. The first-order chi connectivity index (χ1) is 8.72. The monoisotopic (exact) mass is 244 g/mol. The van der Waals surface area contributed by atoms with Crippen molar-refractivity contribution in [3.8, 4) is 0 Å². The molecule has 1 unspecified atom stereocenters. The summed E-state index contributed by atoms with van der Waals surface area (Å²) in [4.78, 5) is 0. The highest BCUT2D eigenvalue weighted by atomic mass is 15.3. The summed E-state index contributed by atoms with van der Waals surface area (Å²) in [6, 6.07) is 8.80. The molecule has 1 atom stereocenters. The Kier molecular flexibility index (Phi) is 4.10. The number of rotatable bonds is 5. The second-order valence-electron chi connectivity index (χ2n) is 4.71. The lowest BCUT2D eigenvalue weighted by Gasteiger charge is -2.16. The number of aromatic amines is 1. The number of aromatic nitrogens is 3. The average molecular weight is 244 g/mol. The van der Waals surface area contributed by atoms with Crippen LogP contribution in [0.25, 0.3) is 0 Å². The molecule has 1 heterocycles. The van der Waals surface area contributed by atoms with E-state index >= 15 is 0 Å². The van der Waals surface area contributed by atoms with Crippen molar-refractivity contribution in [2.75, 3.05) is 6.54 Å². The number of nitrogens with zero attached hydrogens (tertiary/aromatic N) is 2. The van der Waals surface area contributed by atoms with E-state index in [1.807, 2.05) is 0 Å². The van der Waals surface area contributed by atoms with Crippen LogP contribution in [-0.4, -0.2) is 22.0 Å². The van der Waals surface area contributed by atoms with Crippen molar-refractivity contribution in [2.24, 2.45) is 0 Å². The Bertz CT molecular complexity index is 459. The molecule has 0 saturated heterocycles. The maximum Gasteiger partial charge on any atom is 0.104 e. The van der Waals surface area contributed by atoms with Gasteiger partial charge in [-0.3, -0.25) is 0 Å². The topological polar surface area (TPSA) is 53.6 Å². The van der Waals surface area contributed by atoms with Gasteiger partial charge in [0.05, 0.1) is 12.2 Å². The zero-order valence-electron chi connectivity index (χ0n) is 11.1. The Balaban J connectivity index is 2.26. The van der Waals surface area contributed by atoms with Crippen molar-refractivity contribution in [3.05, 3.63) is 47.3 Å². The molecule has 4 nitrogen and oxygen atoms in total. The molecule has 1 aromatic carbocycles. The minimum Gasteiger partial charge on any atom is -0.305 e. The molecule has 0 fully saturated rings. The number of hydrogen-bond donors (Lipinski definition) is 2. The number of H-pyrrole nitrogens is 1. The average Bonchev–Trinajstić information content (AvgIpc) is 2.90. The zero-order valence-corrected chi connectivity index (χ0v) is 11.1. The molecular weight excluding hydrogens is 224 g/mol. The normalized spacial score (nSPS) is 12.9. The van der Waals surface area contributed by atoms with Crippen LogP contribution in [0.2, 0.25) is 0 Å². The predicted octanol–water partition coefficient (Wildman–Crippen LogP) is 2.63. The summed E-state index contributed by atoms with van der Waals surface area (Å²) in [6.45, 7) is 7.39. The first kappa shape index (κ1) is 12.8. The van der Waals surface area contributed by atoms with Gasteiger partial charge in [0, 0.05) is 0 Å². The van der Waals surface area contributed by atoms with Crippen LogP contribution in [0, 0.1) is 0 Å². The van der Waals surface area contributed by atoms with Crippen LogP contribution in [-0.2, 0) is 0 Å². The molecule has 0 saturated carbocycles. The number of benzene rings is 1. The Morgan fingerprint density at radius 2 is 1.83 bits per heavy atom. The van der Waals surface area contributed by atoms with E-state index in [-0.39, 0.29) is 6.04 Å². The summed E-state index contributed by atoms with van der Waals surface area (Å²) in [5.74, 6) is 0.559. The first-order valence-electron chi connectivity index (χ1n) is 6.41. The van der Waals surface area contributed by atoms with E-state index in [0.29, 0.717) is 5.92 Å². The van der Waals surface area contributed by atoms with E-state index in [2.05, 4.69) is 65.8 Å². The van der Waals surface area contributed by atoms with E-state index in [1.54, 1.807) is 6.20 Å². The van der Waals surface area contributed by atoms with Crippen molar-refractivity contribution in [1.29, 1.82) is 0 Å². The summed E-state index contributed by atoms with van der Waals surface area (Å²) in [5, 5.41) is 14.1. The van der Waals surface area contributed by atoms with E-state index in [4.69, 9.17) is 0 Å². The van der Waals surface area contributed by atoms with Gasteiger partial charge in [0.25, 0.3) is 0 Å². The van der Waals surface area contributed by atoms with E-state index in [0.717, 1.165) is 12.2 Å². The summed E-state index contributed by atoms with van der Waals surface area (Å²) in [7, 11) is 0. The van der Waals surface area contributed by atoms with Crippen LogP contribution in [0.1, 0.15) is 49.6 Å². The van der Waals surface area contributed by atoms with Gasteiger partial charge in [-0.25, -0.2) is 0 Å². The molecule has 0 amide bonds. The smallest absolute Gasteiger partial charge is 0.104 e. The molecule has 96 valence electrons. The molecule has 0 aliphatic carbocycles. The largest absolute Gasteiger partial charge is 0.305 e. The summed E-state index contributed by atoms with van der Waals surface area (Å²) in [5.41, 5.74) is 3.50. The van der Waals surface area contributed by atoms with Gasteiger partial charge in [0.1, 0.15) is 5.69 Å². The van der Waals surface area contributed by atoms with Gasteiger partial charge in [-0.1, -0.05) is 45.0 Å². The molecule has 18 heavy (non-hydrogen) atoms. The Morgan fingerprint density at radius 3 is 2.33 bits per heavy atom. The van der Waals surface area contributed by atoms with Crippen molar-refractivity contribution in [1.82, 2.24) is 20.7 Å². The maximum absolute atomic E-state index is 4.17. The molecule has 0 bridgehead atoms. The van der Waals surface area contributed by atoms with Crippen LogP contribution < -0.4 is 5.32 Å². The lowest BCUT2D eigenvalue weighted by molar-refractivity contribution is 0.613. The summed E-state index contributed by atoms with van der Waals surface area (Å²) in [6.07, 6.45) is 1.77. The van der Waals surface area contributed by atoms with E-state index in [9.17, 15) is 0 Å². The molecule has 2 rings (SSSR count). The van der Waals surface area contributed by atoms with Crippen LogP contribution in [0.5, 0.6) is 0 Å². The Hall–Kier alpha value is -1.68. The van der Waals surface area contributed by atoms with Gasteiger partial charge in [-0.2, -0.15) is 15.4 Å². The van der Waals surface area contributed by atoms with E-state index in [1.165, 1.54) is 11.1 Å². The molecule has 2 aromatic rings. The lowest BCUT2D eigenvalue weighted by atomic mass is 9.98. The fourth-order valence-electron chi connectivity index (χ4n) is 2.02. The highest BCUT2D eigenvalue weighted by Gasteiger charge is 2.15. The van der Waals surface area contributed by atoms with Crippen molar-refractivity contribution in [2.45, 2.75) is 32.7 Å². The minimum absolute atomic E-state index is 0.106. The zero-order chi connectivity index (χ0) is 13.0. The Labute approximate surface area is 108 Å². The molecule has 0 aliphatic rings. The third-order valence-electron chi connectivity index (χ3n) is 3.07. The maximum atomic E-state index is 4.17. The highest BCUT2D eigenvalue weighted by molar-refractivity contribution is 5.30. The van der Waals surface area contributed by atoms with Crippen LogP contribution in [0.4, 0.5) is 0 Å². The van der Waals surface area contributed by atoms with E-state index < -0.39 is 0 Å². The van der Waals surface area contributed by atoms with Gasteiger partial charge in [0.15, 0.2) is 0 Å². The second-order valence-corrected chi connectivity index (χ2v) is 4.71. The minimum atomic E-state index is 0.106. The fourth-order valence-corrected chi connectivity index (χ4v) is 2.02. The van der Waals surface area contributed by atoms with Crippen molar-refractivity contribution in [3.63, 3.8) is 0 Å². The predicted molar refractivity (Wildman–Crippen MR) is 72.4 cm³/mol. The standard InChI is InChI=1S/C14H20N4/c1-4-15-14(13-9-16-18-17-13)12-7-5-11(6-8-12)10(2)3/h5-10,14-15H,4H2,1-3H3,(H,16,17,18). The number of hydrogen-bond acceptors (Lipinski definition) is 3. The summed E-state index contributed by atoms with van der Waals surface area (Å²) < 4.78 is 0. The van der Waals surface area contributed by atoms with Crippen LogP contribution in [0.3, 0.4) is 0 Å². The first-order valence-corrected chi connectivity index (χ1v) is 6.41. The third kappa shape index (κ3) is 2.76. The quantitative estimate of drug-likeness (QED) is 0.850. The number of nitrogens with one attached hydrogen (secondary N) is 2.